The molecule has 0 saturated carbocycles. The van der Waals surface area contributed by atoms with Crippen LogP contribution in [0.15, 0.2) is 35.9 Å². The Bertz CT molecular complexity index is 408. The van der Waals surface area contributed by atoms with Crippen molar-refractivity contribution in [3.8, 4) is 5.75 Å². The third kappa shape index (κ3) is 3.84. The fourth-order valence-electron chi connectivity index (χ4n) is 2.63. The van der Waals surface area contributed by atoms with Crippen molar-refractivity contribution in [2.45, 2.75) is 45.6 Å². The zero-order chi connectivity index (χ0) is 13.5. The summed E-state index contributed by atoms with van der Waals surface area (Å²) in [5.41, 5.74) is 2.91. The van der Waals surface area contributed by atoms with Crippen LogP contribution in [-0.2, 0) is 0 Å². The first-order valence-corrected chi connectivity index (χ1v) is 7.50. The maximum atomic E-state index is 5.51. The van der Waals surface area contributed by atoms with Crippen molar-refractivity contribution in [2.75, 3.05) is 13.2 Å². The zero-order valence-electron chi connectivity index (χ0n) is 12.1. The number of allylic oxidation sites excluding steroid dienone is 1. The molecule has 2 nitrogen and oxygen atoms in total. The molecular weight excluding hydrogens is 234 g/mol. The second-order valence-electron chi connectivity index (χ2n) is 5.06. The Morgan fingerprint density at radius 2 is 2.00 bits per heavy atom. The number of hydrogen-bond acceptors (Lipinski definition) is 2. The van der Waals surface area contributed by atoms with Gasteiger partial charge < -0.3 is 10.1 Å². The lowest BCUT2D eigenvalue weighted by atomic mass is 9.98. The van der Waals surface area contributed by atoms with Gasteiger partial charge in [-0.15, -0.1) is 0 Å². The lowest BCUT2D eigenvalue weighted by molar-refractivity contribution is 0.340. The number of rotatable bonds is 7. The fourth-order valence-corrected chi connectivity index (χ4v) is 2.63. The van der Waals surface area contributed by atoms with Crippen LogP contribution >= 0.6 is 0 Å². The predicted molar refractivity (Wildman–Crippen MR) is 80.6 cm³/mol. The molecule has 1 atom stereocenters. The molecule has 0 heterocycles. The minimum Gasteiger partial charge on any atom is -0.494 e. The van der Waals surface area contributed by atoms with E-state index < -0.39 is 0 Å². The maximum Gasteiger partial charge on any atom is 0.119 e. The second-order valence-corrected chi connectivity index (χ2v) is 5.06. The highest BCUT2D eigenvalue weighted by Crippen LogP contribution is 2.31. The summed E-state index contributed by atoms with van der Waals surface area (Å²) in [5, 5.41) is 3.67. The minimum absolute atomic E-state index is 0.387. The largest absolute Gasteiger partial charge is 0.494 e. The van der Waals surface area contributed by atoms with Crippen LogP contribution in [0.2, 0.25) is 0 Å². The molecule has 1 aliphatic rings. The number of hydrogen-bond donors (Lipinski definition) is 1. The monoisotopic (exact) mass is 259 g/mol. The van der Waals surface area contributed by atoms with Crippen LogP contribution in [0.1, 0.15) is 51.1 Å². The predicted octanol–water partition coefficient (Wildman–Crippen LogP) is 4.24. The van der Waals surface area contributed by atoms with Gasteiger partial charge in [0.05, 0.1) is 12.6 Å². The summed E-state index contributed by atoms with van der Waals surface area (Å²) in [7, 11) is 0. The number of nitrogens with one attached hydrogen (secondary N) is 1. The Labute approximate surface area is 116 Å². The molecule has 0 bridgehead atoms. The third-order valence-corrected chi connectivity index (χ3v) is 3.57. The number of benzene rings is 1. The van der Waals surface area contributed by atoms with Gasteiger partial charge in [0.15, 0.2) is 0 Å². The average Bonchev–Trinajstić information content (AvgIpc) is 2.95. The summed E-state index contributed by atoms with van der Waals surface area (Å²) in [6.45, 7) is 6.02. The van der Waals surface area contributed by atoms with Gasteiger partial charge in [-0.2, -0.15) is 0 Å². The molecule has 1 unspecified atom stereocenters. The van der Waals surface area contributed by atoms with Gasteiger partial charge in [0.25, 0.3) is 0 Å². The van der Waals surface area contributed by atoms with Crippen LogP contribution < -0.4 is 10.1 Å². The maximum absolute atomic E-state index is 5.51. The fraction of sp³-hybridized carbons (Fsp3) is 0.529. The first-order valence-electron chi connectivity index (χ1n) is 7.50. The van der Waals surface area contributed by atoms with Crippen molar-refractivity contribution in [3.05, 3.63) is 41.5 Å². The van der Waals surface area contributed by atoms with Gasteiger partial charge in [-0.3, -0.25) is 0 Å². The van der Waals surface area contributed by atoms with E-state index in [0.717, 1.165) is 18.9 Å². The highest BCUT2D eigenvalue weighted by atomic mass is 16.5. The summed E-state index contributed by atoms with van der Waals surface area (Å²) in [5.74, 6) is 0.959. The van der Waals surface area contributed by atoms with E-state index in [0.29, 0.717) is 6.04 Å². The first kappa shape index (κ1) is 14.1. The van der Waals surface area contributed by atoms with Gasteiger partial charge >= 0.3 is 0 Å². The average molecular weight is 259 g/mol. The molecule has 0 radical (unpaired) electrons. The summed E-state index contributed by atoms with van der Waals surface area (Å²) < 4.78 is 5.51. The molecule has 2 rings (SSSR count). The van der Waals surface area contributed by atoms with E-state index in [1.54, 1.807) is 5.57 Å². The Balaban J connectivity index is 2.12. The van der Waals surface area contributed by atoms with E-state index in [1.807, 2.05) is 6.92 Å². The first-order chi connectivity index (χ1) is 9.35. The van der Waals surface area contributed by atoms with Gasteiger partial charge in [0.2, 0.25) is 0 Å². The Morgan fingerprint density at radius 1 is 1.21 bits per heavy atom. The quantitative estimate of drug-likeness (QED) is 0.740. The van der Waals surface area contributed by atoms with Crippen molar-refractivity contribution in [3.63, 3.8) is 0 Å². The van der Waals surface area contributed by atoms with Crippen LogP contribution in [0.5, 0.6) is 5.75 Å². The molecule has 0 aliphatic heterocycles. The van der Waals surface area contributed by atoms with Crippen LogP contribution in [0.25, 0.3) is 0 Å². The van der Waals surface area contributed by atoms with E-state index in [1.165, 1.54) is 31.2 Å². The molecule has 1 aromatic rings. The molecule has 0 spiro atoms. The molecule has 1 N–H and O–H groups in total. The molecule has 0 aromatic heterocycles. The Morgan fingerprint density at radius 3 is 2.58 bits per heavy atom. The van der Waals surface area contributed by atoms with E-state index >= 15 is 0 Å². The van der Waals surface area contributed by atoms with Crippen molar-refractivity contribution >= 4 is 0 Å². The molecule has 2 heteroatoms. The summed E-state index contributed by atoms with van der Waals surface area (Å²) >= 11 is 0. The SMILES string of the molecule is CCCNC(C1=CCCC1)c1ccc(OCC)cc1. The normalized spacial score (nSPS) is 16.2. The molecular formula is C17H25NO. The second kappa shape index (κ2) is 7.34. The lowest BCUT2D eigenvalue weighted by Gasteiger charge is -2.21. The van der Waals surface area contributed by atoms with Crippen LogP contribution in [-0.4, -0.2) is 13.2 Å². The highest BCUT2D eigenvalue weighted by molar-refractivity contribution is 5.34. The molecule has 0 amide bonds. The summed E-state index contributed by atoms with van der Waals surface area (Å²) in [6.07, 6.45) is 7.34. The highest BCUT2D eigenvalue weighted by Gasteiger charge is 2.18. The number of ether oxygens (including phenoxy) is 1. The van der Waals surface area contributed by atoms with Gasteiger partial charge in [0.1, 0.15) is 5.75 Å². The van der Waals surface area contributed by atoms with Gasteiger partial charge in [-0.1, -0.05) is 30.7 Å². The topological polar surface area (TPSA) is 21.3 Å². The molecule has 0 fully saturated rings. The third-order valence-electron chi connectivity index (χ3n) is 3.57. The van der Waals surface area contributed by atoms with Crippen LogP contribution in [0.3, 0.4) is 0 Å². The standard InChI is InChI=1S/C17H25NO/c1-3-13-18-17(14-7-5-6-8-14)15-9-11-16(12-10-15)19-4-2/h7,9-12,17-18H,3-6,8,13H2,1-2H3. The lowest BCUT2D eigenvalue weighted by Crippen LogP contribution is -2.23. The van der Waals surface area contributed by atoms with Gasteiger partial charge in [-0.05, 0) is 56.8 Å². The molecule has 0 saturated heterocycles. The van der Waals surface area contributed by atoms with E-state index in [-0.39, 0.29) is 0 Å². The van der Waals surface area contributed by atoms with Crippen LogP contribution in [0.4, 0.5) is 0 Å². The molecule has 104 valence electrons. The zero-order valence-corrected chi connectivity index (χ0v) is 12.1. The Kier molecular flexibility index (Phi) is 5.46. The van der Waals surface area contributed by atoms with Crippen molar-refractivity contribution in [2.24, 2.45) is 0 Å². The van der Waals surface area contributed by atoms with Crippen LogP contribution in [0, 0.1) is 0 Å². The summed E-state index contributed by atoms with van der Waals surface area (Å²) in [4.78, 5) is 0. The van der Waals surface area contributed by atoms with Crippen molar-refractivity contribution in [1.82, 2.24) is 5.32 Å². The van der Waals surface area contributed by atoms with E-state index in [9.17, 15) is 0 Å². The van der Waals surface area contributed by atoms with E-state index in [4.69, 9.17) is 4.74 Å². The van der Waals surface area contributed by atoms with Gasteiger partial charge in [-0.25, -0.2) is 0 Å². The minimum atomic E-state index is 0.387. The molecule has 19 heavy (non-hydrogen) atoms. The van der Waals surface area contributed by atoms with Gasteiger partial charge in [0, 0.05) is 0 Å². The molecule has 1 aromatic carbocycles. The smallest absolute Gasteiger partial charge is 0.119 e. The van der Waals surface area contributed by atoms with E-state index in [2.05, 4.69) is 42.6 Å². The summed E-state index contributed by atoms with van der Waals surface area (Å²) in [6, 6.07) is 8.93. The van der Waals surface area contributed by atoms with Crippen molar-refractivity contribution in [1.29, 1.82) is 0 Å². The Hall–Kier alpha value is -1.28. The van der Waals surface area contributed by atoms with Crippen molar-refractivity contribution < 1.29 is 4.74 Å². The molecule has 1 aliphatic carbocycles.